The van der Waals surface area contributed by atoms with Crippen LogP contribution in [-0.4, -0.2) is 16.6 Å². The van der Waals surface area contributed by atoms with E-state index >= 15 is 0 Å². The highest BCUT2D eigenvalue weighted by Gasteiger charge is 2.24. The molecule has 32 heavy (non-hydrogen) atoms. The second-order valence-corrected chi connectivity index (χ2v) is 8.80. The van der Waals surface area contributed by atoms with Gasteiger partial charge in [-0.25, -0.2) is 4.98 Å². The van der Waals surface area contributed by atoms with Gasteiger partial charge in [0.25, 0.3) is 0 Å². The predicted octanol–water partition coefficient (Wildman–Crippen LogP) is 7.18. The molecule has 0 radical (unpaired) electrons. The summed E-state index contributed by atoms with van der Waals surface area (Å²) in [7, 11) is 0. The van der Waals surface area contributed by atoms with E-state index in [1.807, 2.05) is 55.5 Å². The number of nitrogens with zero attached hydrogens (tertiary/aromatic N) is 2. The minimum absolute atomic E-state index is 0.606. The molecule has 0 fully saturated rings. The maximum absolute atomic E-state index is 6.22. The van der Waals surface area contributed by atoms with Crippen molar-refractivity contribution in [3.8, 4) is 28.8 Å². The summed E-state index contributed by atoms with van der Waals surface area (Å²) >= 11 is 7.92. The predicted molar refractivity (Wildman–Crippen MR) is 129 cm³/mol. The van der Waals surface area contributed by atoms with Crippen LogP contribution in [0.3, 0.4) is 0 Å². The average molecular weight is 461 g/mol. The zero-order valence-corrected chi connectivity index (χ0v) is 19.1. The van der Waals surface area contributed by atoms with Crippen LogP contribution in [0.15, 0.2) is 77.8 Å². The number of fused-ring (bicyclic) bond motifs is 2. The quantitative estimate of drug-likeness (QED) is 0.198. The van der Waals surface area contributed by atoms with E-state index in [1.54, 1.807) is 11.8 Å². The number of hydrogen-bond donors (Lipinski definition) is 0. The Bertz CT molecular complexity index is 1250. The minimum atomic E-state index is 0.606. The van der Waals surface area contributed by atoms with Crippen LogP contribution < -0.4 is 9.47 Å². The van der Waals surface area contributed by atoms with Crippen LogP contribution >= 0.6 is 23.4 Å². The summed E-state index contributed by atoms with van der Waals surface area (Å²) in [6, 6.07) is 23.9. The van der Waals surface area contributed by atoms with Gasteiger partial charge >= 0.3 is 0 Å². The lowest BCUT2D eigenvalue weighted by molar-refractivity contribution is 0.340. The number of ether oxygens (including phenoxy) is 2. The van der Waals surface area contributed by atoms with Crippen molar-refractivity contribution in [3.05, 3.63) is 94.5 Å². The van der Waals surface area contributed by atoms with Crippen molar-refractivity contribution >= 4 is 23.4 Å². The van der Waals surface area contributed by atoms with Gasteiger partial charge < -0.3 is 9.47 Å². The fraction of sp³-hybridized carbons (Fsp3) is 0.154. The summed E-state index contributed by atoms with van der Waals surface area (Å²) in [5.74, 6) is 3.68. The molecule has 0 aliphatic carbocycles. The van der Waals surface area contributed by atoms with E-state index in [0.29, 0.717) is 29.8 Å². The Morgan fingerprint density at radius 3 is 2.59 bits per heavy atom. The van der Waals surface area contributed by atoms with Gasteiger partial charge in [-0.2, -0.15) is 4.98 Å². The summed E-state index contributed by atoms with van der Waals surface area (Å²) < 4.78 is 11.8. The SMILES string of the molecule is CCOc1ccc(-c2nc3c(c(SCc4ccccc4)n2)Cc2cc(Cl)ccc2O3)cc1. The standard InChI is InChI=1S/C26H21ClN2O2S/c1-2-30-21-11-8-18(9-12-21)24-28-25-22(15-19-14-20(27)10-13-23(19)31-25)26(29-24)32-16-17-6-4-3-5-7-17/h3-14H,2,15-16H2,1H3. The first-order valence-electron chi connectivity index (χ1n) is 10.5. The maximum Gasteiger partial charge on any atom is 0.227 e. The summed E-state index contributed by atoms with van der Waals surface area (Å²) in [5.41, 5.74) is 4.20. The normalized spacial score (nSPS) is 11.9. The number of hydrogen-bond acceptors (Lipinski definition) is 5. The summed E-state index contributed by atoms with van der Waals surface area (Å²) in [6.45, 7) is 2.60. The van der Waals surface area contributed by atoms with E-state index in [9.17, 15) is 0 Å². The Kier molecular flexibility index (Phi) is 6.02. The zero-order valence-electron chi connectivity index (χ0n) is 17.5. The van der Waals surface area contributed by atoms with Crippen LogP contribution in [0, 0.1) is 0 Å². The first-order chi connectivity index (χ1) is 15.7. The van der Waals surface area contributed by atoms with Crippen LogP contribution in [0.25, 0.3) is 11.4 Å². The van der Waals surface area contributed by atoms with Crippen LogP contribution in [0.1, 0.15) is 23.6 Å². The van der Waals surface area contributed by atoms with Crippen LogP contribution in [0.5, 0.6) is 17.4 Å². The molecule has 0 saturated carbocycles. The van der Waals surface area contributed by atoms with E-state index in [2.05, 4.69) is 24.3 Å². The fourth-order valence-electron chi connectivity index (χ4n) is 3.60. The Morgan fingerprint density at radius 2 is 1.81 bits per heavy atom. The molecule has 1 aliphatic heterocycles. The largest absolute Gasteiger partial charge is 0.494 e. The van der Waals surface area contributed by atoms with Crippen molar-refractivity contribution in [2.75, 3.05) is 6.61 Å². The second kappa shape index (κ2) is 9.23. The molecule has 1 aliphatic rings. The van der Waals surface area contributed by atoms with Crippen molar-refractivity contribution in [1.29, 1.82) is 0 Å². The molecule has 4 nitrogen and oxygen atoms in total. The highest BCUT2D eigenvalue weighted by molar-refractivity contribution is 7.98. The Morgan fingerprint density at radius 1 is 1.00 bits per heavy atom. The van der Waals surface area contributed by atoms with E-state index in [1.165, 1.54) is 5.56 Å². The van der Waals surface area contributed by atoms with Crippen molar-refractivity contribution in [2.45, 2.75) is 24.1 Å². The molecule has 0 saturated heterocycles. The molecule has 4 aromatic rings. The molecule has 0 atom stereocenters. The lowest BCUT2D eigenvalue weighted by Gasteiger charge is -2.22. The third-order valence-corrected chi connectivity index (χ3v) is 6.49. The summed E-state index contributed by atoms with van der Waals surface area (Å²) in [6.07, 6.45) is 0.686. The van der Waals surface area contributed by atoms with E-state index < -0.39 is 0 Å². The van der Waals surface area contributed by atoms with Crippen molar-refractivity contribution < 1.29 is 9.47 Å². The molecule has 2 heterocycles. The van der Waals surface area contributed by atoms with Gasteiger partial charge in [-0.1, -0.05) is 41.9 Å². The highest BCUT2D eigenvalue weighted by Crippen LogP contribution is 2.41. The average Bonchev–Trinajstić information content (AvgIpc) is 2.82. The maximum atomic E-state index is 6.22. The molecular formula is C26H21ClN2O2S. The summed E-state index contributed by atoms with van der Waals surface area (Å²) in [4.78, 5) is 9.72. The van der Waals surface area contributed by atoms with Gasteiger partial charge in [-0.3, -0.25) is 0 Å². The first kappa shape index (κ1) is 20.9. The third-order valence-electron chi connectivity index (χ3n) is 5.17. The lowest BCUT2D eigenvalue weighted by atomic mass is 10.0. The van der Waals surface area contributed by atoms with Crippen molar-refractivity contribution in [3.63, 3.8) is 0 Å². The van der Waals surface area contributed by atoms with Gasteiger partial charge in [0.2, 0.25) is 5.88 Å². The molecule has 160 valence electrons. The number of benzene rings is 3. The van der Waals surface area contributed by atoms with Gasteiger partial charge in [-0.15, -0.1) is 11.8 Å². The topological polar surface area (TPSA) is 44.2 Å². The molecule has 0 spiro atoms. The zero-order chi connectivity index (χ0) is 21.9. The molecule has 3 aromatic carbocycles. The third kappa shape index (κ3) is 4.45. The van der Waals surface area contributed by atoms with Crippen LogP contribution in [-0.2, 0) is 12.2 Å². The number of halogens is 1. The van der Waals surface area contributed by atoms with E-state index in [0.717, 1.165) is 39.0 Å². The number of rotatable bonds is 6. The van der Waals surface area contributed by atoms with E-state index in [-0.39, 0.29) is 0 Å². The van der Waals surface area contributed by atoms with Crippen molar-refractivity contribution in [1.82, 2.24) is 9.97 Å². The number of aromatic nitrogens is 2. The number of thioether (sulfide) groups is 1. The van der Waals surface area contributed by atoms with Gasteiger partial charge in [0.1, 0.15) is 16.5 Å². The first-order valence-corrected chi connectivity index (χ1v) is 11.8. The Hall–Kier alpha value is -3.02. The molecule has 0 bridgehead atoms. The minimum Gasteiger partial charge on any atom is -0.494 e. The molecule has 6 heteroatoms. The fourth-order valence-corrected chi connectivity index (χ4v) is 4.78. The molecule has 1 aromatic heterocycles. The highest BCUT2D eigenvalue weighted by atomic mass is 35.5. The molecule has 0 unspecified atom stereocenters. The van der Waals surface area contributed by atoms with Crippen molar-refractivity contribution in [2.24, 2.45) is 0 Å². The van der Waals surface area contributed by atoms with Crippen LogP contribution in [0.2, 0.25) is 5.02 Å². The van der Waals surface area contributed by atoms with Crippen LogP contribution in [0.4, 0.5) is 0 Å². The van der Waals surface area contributed by atoms with Gasteiger partial charge in [-0.05, 0) is 55.0 Å². The molecule has 5 rings (SSSR count). The molecule has 0 N–H and O–H groups in total. The molecule has 0 amide bonds. The van der Waals surface area contributed by atoms with Gasteiger partial charge in [0.05, 0.1) is 12.2 Å². The second-order valence-electron chi connectivity index (χ2n) is 7.40. The Balaban J connectivity index is 1.53. The smallest absolute Gasteiger partial charge is 0.227 e. The lowest BCUT2D eigenvalue weighted by Crippen LogP contribution is -2.09. The molecular weight excluding hydrogens is 440 g/mol. The van der Waals surface area contributed by atoms with Gasteiger partial charge in [0, 0.05) is 28.3 Å². The van der Waals surface area contributed by atoms with Gasteiger partial charge in [0.15, 0.2) is 5.82 Å². The van der Waals surface area contributed by atoms with E-state index in [4.69, 9.17) is 31.0 Å². The monoisotopic (exact) mass is 460 g/mol. The summed E-state index contributed by atoms with van der Waals surface area (Å²) in [5, 5.41) is 1.62. The Labute approximate surface area is 196 Å².